The van der Waals surface area contributed by atoms with Crippen molar-refractivity contribution < 1.29 is 24.0 Å². The van der Waals surface area contributed by atoms with Gasteiger partial charge in [0.05, 0.1) is 19.1 Å². The molecule has 2 amide bonds. The average Bonchev–Trinajstić information content (AvgIpc) is 2.71. The van der Waals surface area contributed by atoms with Gasteiger partial charge in [-0.1, -0.05) is 19.9 Å². The maximum absolute atomic E-state index is 12.7. The van der Waals surface area contributed by atoms with Crippen LogP contribution in [-0.4, -0.2) is 37.0 Å². The van der Waals surface area contributed by atoms with Gasteiger partial charge >= 0.3 is 0 Å². The van der Waals surface area contributed by atoms with Crippen LogP contribution in [-0.2, 0) is 4.79 Å². The van der Waals surface area contributed by atoms with Crippen LogP contribution >= 0.6 is 0 Å². The first kappa shape index (κ1) is 21.7. The summed E-state index contributed by atoms with van der Waals surface area (Å²) >= 11 is 0. The summed E-state index contributed by atoms with van der Waals surface area (Å²) in [5.74, 6) is -0.308. The molecule has 0 aromatic heterocycles. The van der Waals surface area contributed by atoms with Gasteiger partial charge in [0.1, 0.15) is 17.5 Å². The van der Waals surface area contributed by atoms with E-state index < -0.39 is 22.8 Å². The fourth-order valence-corrected chi connectivity index (χ4v) is 2.62. The number of anilines is 1. The molecule has 2 aromatic carbocycles. The number of amides is 2. The van der Waals surface area contributed by atoms with Crippen LogP contribution in [0.2, 0.25) is 0 Å². The molecular weight excluding hydrogens is 378 g/mol. The molecule has 0 saturated heterocycles. The Labute approximate surface area is 168 Å². The van der Waals surface area contributed by atoms with Gasteiger partial charge in [-0.05, 0) is 24.1 Å². The summed E-state index contributed by atoms with van der Waals surface area (Å²) in [6.45, 7) is 3.56. The Kier molecular flexibility index (Phi) is 7.13. The number of nitrogens with one attached hydrogen (secondary N) is 2. The second-order valence-electron chi connectivity index (χ2n) is 6.59. The average molecular weight is 401 g/mol. The Morgan fingerprint density at radius 2 is 1.66 bits per heavy atom. The maximum Gasteiger partial charge on any atom is 0.271 e. The molecule has 2 rings (SSSR count). The lowest BCUT2D eigenvalue weighted by molar-refractivity contribution is -0.384. The minimum atomic E-state index is -0.862. The van der Waals surface area contributed by atoms with Crippen LogP contribution in [0.25, 0.3) is 0 Å². The number of hydrogen-bond acceptors (Lipinski definition) is 6. The molecule has 2 N–H and O–H groups in total. The highest BCUT2D eigenvalue weighted by Gasteiger charge is 2.25. The fraction of sp³-hybridized carbons (Fsp3) is 0.300. The van der Waals surface area contributed by atoms with Gasteiger partial charge in [-0.3, -0.25) is 19.7 Å². The molecule has 1 unspecified atom stereocenters. The molecule has 0 fully saturated rings. The number of nitrogens with zero attached hydrogens (tertiary/aromatic N) is 1. The van der Waals surface area contributed by atoms with E-state index in [1.54, 1.807) is 19.9 Å². The normalized spacial score (nSPS) is 11.5. The summed E-state index contributed by atoms with van der Waals surface area (Å²) in [6, 6.07) is 9.43. The van der Waals surface area contributed by atoms with Gasteiger partial charge in [-0.2, -0.15) is 0 Å². The zero-order chi connectivity index (χ0) is 21.6. The third kappa shape index (κ3) is 5.68. The van der Waals surface area contributed by atoms with Crippen molar-refractivity contribution in [3.63, 3.8) is 0 Å². The van der Waals surface area contributed by atoms with Crippen LogP contribution in [0.4, 0.5) is 11.4 Å². The van der Waals surface area contributed by atoms with Crippen LogP contribution in [0, 0.1) is 16.0 Å². The summed E-state index contributed by atoms with van der Waals surface area (Å²) in [6.07, 6.45) is 0. The molecule has 0 heterocycles. The van der Waals surface area contributed by atoms with Crippen molar-refractivity contribution in [2.24, 2.45) is 5.92 Å². The van der Waals surface area contributed by atoms with Crippen molar-refractivity contribution in [3.05, 3.63) is 58.1 Å². The van der Waals surface area contributed by atoms with Crippen LogP contribution in [0.5, 0.6) is 11.5 Å². The van der Waals surface area contributed by atoms with E-state index in [-0.39, 0.29) is 22.9 Å². The Balaban J connectivity index is 2.19. The lowest BCUT2D eigenvalue weighted by Gasteiger charge is -2.22. The summed E-state index contributed by atoms with van der Waals surface area (Å²) in [5, 5.41) is 16.2. The predicted octanol–water partition coefficient (Wildman–Crippen LogP) is 3.01. The van der Waals surface area contributed by atoms with Crippen LogP contribution in [0.1, 0.15) is 24.2 Å². The standard InChI is InChI=1S/C20H23N3O6/c1-12(2)18(20(25)21-14-6-5-7-15(10-14)23(26)27)22-19(24)13-8-16(28-3)11-17(9-13)29-4/h5-12,18H,1-4H3,(H,21,25)(H,22,24). The lowest BCUT2D eigenvalue weighted by Crippen LogP contribution is -2.47. The number of hydrogen-bond donors (Lipinski definition) is 2. The zero-order valence-electron chi connectivity index (χ0n) is 16.6. The highest BCUT2D eigenvalue weighted by molar-refractivity contribution is 6.01. The number of nitro groups is 1. The molecule has 0 aliphatic rings. The number of carbonyl (C=O) groups excluding carboxylic acids is 2. The number of benzene rings is 2. The van der Waals surface area contributed by atoms with E-state index in [4.69, 9.17) is 9.47 Å². The Hall–Kier alpha value is -3.62. The first-order valence-corrected chi connectivity index (χ1v) is 8.84. The van der Waals surface area contributed by atoms with Gasteiger partial charge in [0.25, 0.3) is 11.6 Å². The van der Waals surface area contributed by atoms with E-state index in [2.05, 4.69) is 10.6 Å². The fourth-order valence-electron chi connectivity index (χ4n) is 2.62. The molecule has 0 aliphatic carbocycles. The van der Waals surface area contributed by atoms with E-state index >= 15 is 0 Å². The third-order valence-electron chi connectivity index (χ3n) is 4.17. The molecule has 0 bridgehead atoms. The van der Waals surface area contributed by atoms with Gasteiger partial charge in [0, 0.05) is 29.4 Å². The molecule has 9 heteroatoms. The lowest BCUT2D eigenvalue weighted by atomic mass is 10.0. The van der Waals surface area contributed by atoms with Crippen molar-refractivity contribution in [1.82, 2.24) is 5.32 Å². The number of non-ortho nitro benzene ring substituents is 1. The van der Waals surface area contributed by atoms with Gasteiger partial charge in [-0.25, -0.2) is 0 Å². The summed E-state index contributed by atoms with van der Waals surface area (Å²) < 4.78 is 10.3. The van der Waals surface area contributed by atoms with E-state index in [0.717, 1.165) is 0 Å². The maximum atomic E-state index is 12.7. The molecule has 0 radical (unpaired) electrons. The van der Waals surface area contributed by atoms with E-state index in [9.17, 15) is 19.7 Å². The second-order valence-corrected chi connectivity index (χ2v) is 6.59. The largest absolute Gasteiger partial charge is 0.497 e. The predicted molar refractivity (Wildman–Crippen MR) is 107 cm³/mol. The zero-order valence-corrected chi connectivity index (χ0v) is 16.6. The smallest absolute Gasteiger partial charge is 0.271 e. The molecule has 1 atom stereocenters. The second kappa shape index (κ2) is 9.54. The van der Waals surface area contributed by atoms with Crippen molar-refractivity contribution in [2.75, 3.05) is 19.5 Å². The molecule has 0 spiro atoms. The Morgan fingerprint density at radius 1 is 1.03 bits per heavy atom. The van der Waals surface area contributed by atoms with Crippen molar-refractivity contribution in [1.29, 1.82) is 0 Å². The molecule has 2 aromatic rings. The summed E-state index contributed by atoms with van der Waals surface area (Å²) in [4.78, 5) is 35.8. The van der Waals surface area contributed by atoms with Gasteiger partial charge < -0.3 is 20.1 Å². The van der Waals surface area contributed by atoms with Crippen molar-refractivity contribution in [2.45, 2.75) is 19.9 Å². The summed E-state index contributed by atoms with van der Waals surface area (Å²) in [5.41, 5.74) is 0.401. The quantitative estimate of drug-likeness (QED) is 0.518. The summed E-state index contributed by atoms with van der Waals surface area (Å²) in [7, 11) is 2.94. The van der Waals surface area contributed by atoms with E-state index in [1.165, 1.54) is 50.6 Å². The molecule has 29 heavy (non-hydrogen) atoms. The molecular formula is C20H23N3O6. The van der Waals surface area contributed by atoms with E-state index in [1.807, 2.05) is 0 Å². The Morgan fingerprint density at radius 3 is 2.17 bits per heavy atom. The van der Waals surface area contributed by atoms with Gasteiger partial charge in [0.2, 0.25) is 5.91 Å². The first-order chi connectivity index (χ1) is 13.7. The van der Waals surface area contributed by atoms with Crippen molar-refractivity contribution >= 4 is 23.2 Å². The highest BCUT2D eigenvalue weighted by Crippen LogP contribution is 2.23. The Bertz CT molecular complexity index is 891. The van der Waals surface area contributed by atoms with Crippen molar-refractivity contribution in [3.8, 4) is 11.5 Å². The SMILES string of the molecule is COc1cc(OC)cc(C(=O)NC(C(=O)Nc2cccc([N+](=O)[O-])c2)C(C)C)c1. The highest BCUT2D eigenvalue weighted by atomic mass is 16.6. The van der Waals surface area contributed by atoms with Gasteiger partial charge in [-0.15, -0.1) is 0 Å². The van der Waals surface area contributed by atoms with Crippen LogP contribution in [0.3, 0.4) is 0 Å². The van der Waals surface area contributed by atoms with E-state index in [0.29, 0.717) is 11.5 Å². The number of ether oxygens (including phenoxy) is 2. The topological polar surface area (TPSA) is 120 Å². The third-order valence-corrected chi connectivity index (χ3v) is 4.17. The minimum Gasteiger partial charge on any atom is -0.497 e. The molecule has 0 saturated carbocycles. The van der Waals surface area contributed by atoms with Crippen LogP contribution < -0.4 is 20.1 Å². The van der Waals surface area contributed by atoms with Gasteiger partial charge in [0.15, 0.2) is 0 Å². The van der Waals surface area contributed by atoms with Crippen LogP contribution in [0.15, 0.2) is 42.5 Å². The first-order valence-electron chi connectivity index (χ1n) is 8.84. The number of rotatable bonds is 8. The number of nitro benzene ring substituents is 1. The number of methoxy groups -OCH3 is 2. The molecule has 9 nitrogen and oxygen atoms in total. The monoisotopic (exact) mass is 401 g/mol. The molecule has 0 aliphatic heterocycles. The minimum absolute atomic E-state index is 0.142. The molecule has 154 valence electrons. The number of carbonyl (C=O) groups is 2.